The van der Waals surface area contributed by atoms with Gasteiger partial charge >= 0.3 is 0 Å². The van der Waals surface area contributed by atoms with Crippen LogP contribution in [0.2, 0.25) is 0 Å². The average molecular weight is 295 g/mol. The second kappa shape index (κ2) is 6.53. The van der Waals surface area contributed by atoms with Crippen molar-refractivity contribution >= 4 is 23.7 Å². The Morgan fingerprint density at radius 2 is 1.95 bits per heavy atom. The molecule has 0 bridgehead atoms. The van der Waals surface area contributed by atoms with Gasteiger partial charge in [0.1, 0.15) is 0 Å². The molecule has 1 saturated heterocycles. The highest BCUT2D eigenvalue weighted by Gasteiger charge is 2.30. The van der Waals surface area contributed by atoms with E-state index in [1.807, 2.05) is 0 Å². The Morgan fingerprint density at radius 3 is 2.63 bits per heavy atom. The van der Waals surface area contributed by atoms with Crippen molar-refractivity contribution in [3.05, 3.63) is 58.3 Å². The van der Waals surface area contributed by atoms with E-state index in [1.165, 1.54) is 11.1 Å². The second-order valence-electron chi connectivity index (χ2n) is 5.01. The Hall–Kier alpha value is -0.870. The minimum Gasteiger partial charge on any atom is -0.326 e. The summed E-state index contributed by atoms with van der Waals surface area (Å²) in [5.74, 6) is 0.477. The summed E-state index contributed by atoms with van der Waals surface area (Å²) in [4.78, 5) is 2.46. The topological polar surface area (TPSA) is 29.3 Å². The van der Waals surface area contributed by atoms with E-state index in [-0.39, 0.29) is 18.4 Å². The number of hydrogen-bond acceptors (Lipinski definition) is 3. The number of rotatable bonds is 3. The maximum atomic E-state index is 6.29. The number of nitrogens with zero attached hydrogens (tertiary/aromatic N) is 1. The number of hydrogen-bond donors (Lipinski definition) is 1. The van der Waals surface area contributed by atoms with Gasteiger partial charge in [-0.05, 0) is 28.0 Å². The van der Waals surface area contributed by atoms with E-state index in [0.717, 1.165) is 19.6 Å². The summed E-state index contributed by atoms with van der Waals surface area (Å²) in [7, 11) is 0. The van der Waals surface area contributed by atoms with Crippen LogP contribution in [0.4, 0.5) is 0 Å². The van der Waals surface area contributed by atoms with Crippen molar-refractivity contribution < 1.29 is 0 Å². The quantitative estimate of drug-likeness (QED) is 0.942. The molecule has 1 fully saturated rings. The molecule has 1 aliphatic heterocycles. The molecule has 2 nitrogen and oxygen atoms in total. The molecule has 0 aliphatic carbocycles. The Kier molecular flexibility index (Phi) is 4.99. The van der Waals surface area contributed by atoms with Crippen molar-refractivity contribution in [3.8, 4) is 0 Å². The third-order valence-electron chi connectivity index (χ3n) is 3.65. The van der Waals surface area contributed by atoms with Gasteiger partial charge in [0.25, 0.3) is 0 Å². The van der Waals surface area contributed by atoms with Crippen molar-refractivity contribution in [1.82, 2.24) is 4.90 Å². The first-order valence-corrected chi connectivity index (χ1v) is 7.31. The zero-order valence-electron chi connectivity index (χ0n) is 10.7. The van der Waals surface area contributed by atoms with Gasteiger partial charge in [-0.2, -0.15) is 11.3 Å². The summed E-state index contributed by atoms with van der Waals surface area (Å²) in [6.45, 7) is 3.09. The van der Waals surface area contributed by atoms with Crippen molar-refractivity contribution in [3.63, 3.8) is 0 Å². The molecule has 2 heterocycles. The van der Waals surface area contributed by atoms with Gasteiger partial charge in [-0.25, -0.2) is 0 Å². The molecule has 0 unspecified atom stereocenters. The predicted octanol–water partition coefficient (Wildman–Crippen LogP) is 3.10. The molecular formula is C15H19ClN2S. The summed E-state index contributed by atoms with van der Waals surface area (Å²) >= 11 is 1.76. The van der Waals surface area contributed by atoms with Crippen molar-refractivity contribution in [2.75, 3.05) is 13.1 Å². The zero-order chi connectivity index (χ0) is 12.4. The number of thiophene rings is 1. The molecule has 1 aromatic carbocycles. The largest absolute Gasteiger partial charge is 0.326 e. The summed E-state index contributed by atoms with van der Waals surface area (Å²) < 4.78 is 0. The molecule has 2 atom stereocenters. The van der Waals surface area contributed by atoms with Gasteiger partial charge < -0.3 is 5.73 Å². The van der Waals surface area contributed by atoms with Crippen LogP contribution in [0, 0.1) is 0 Å². The van der Waals surface area contributed by atoms with E-state index < -0.39 is 0 Å². The van der Waals surface area contributed by atoms with E-state index in [0.29, 0.717) is 5.92 Å². The second-order valence-corrected chi connectivity index (χ2v) is 5.79. The SMILES string of the molecule is Cl.N[C@@H]1CN(Cc2ccsc2)C[C@H]1c1ccccc1. The van der Waals surface area contributed by atoms with Crippen molar-refractivity contribution in [2.24, 2.45) is 5.73 Å². The third kappa shape index (κ3) is 3.37. The fraction of sp³-hybridized carbons (Fsp3) is 0.333. The van der Waals surface area contributed by atoms with E-state index >= 15 is 0 Å². The van der Waals surface area contributed by atoms with E-state index in [1.54, 1.807) is 11.3 Å². The lowest BCUT2D eigenvalue weighted by Gasteiger charge is -2.15. The molecule has 2 N–H and O–H groups in total. The lowest BCUT2D eigenvalue weighted by molar-refractivity contribution is 0.324. The lowest BCUT2D eigenvalue weighted by atomic mass is 9.95. The van der Waals surface area contributed by atoms with Gasteiger partial charge in [-0.3, -0.25) is 4.90 Å². The maximum Gasteiger partial charge on any atom is 0.0250 e. The van der Waals surface area contributed by atoms with Crippen LogP contribution in [0.5, 0.6) is 0 Å². The van der Waals surface area contributed by atoms with Crippen LogP contribution in [0.25, 0.3) is 0 Å². The highest BCUT2D eigenvalue weighted by Crippen LogP contribution is 2.27. The molecule has 19 heavy (non-hydrogen) atoms. The molecule has 0 radical (unpaired) electrons. The van der Waals surface area contributed by atoms with E-state index in [4.69, 9.17) is 5.73 Å². The lowest BCUT2D eigenvalue weighted by Crippen LogP contribution is -2.28. The summed E-state index contributed by atoms with van der Waals surface area (Å²) in [6, 6.07) is 13.1. The minimum atomic E-state index is 0. The normalized spacial score (nSPS) is 23.2. The number of likely N-dealkylation sites (tertiary alicyclic amines) is 1. The standard InChI is InChI=1S/C15H18N2S.ClH/c16-15-10-17(8-12-6-7-18-11-12)9-14(15)13-4-2-1-3-5-13;/h1-7,11,14-15H,8-10,16H2;1H/t14-,15+;/m0./s1. The minimum absolute atomic E-state index is 0. The monoisotopic (exact) mass is 294 g/mol. The molecule has 3 rings (SSSR count). The fourth-order valence-corrected chi connectivity index (χ4v) is 3.40. The van der Waals surface area contributed by atoms with Crippen LogP contribution in [0.1, 0.15) is 17.0 Å². The van der Waals surface area contributed by atoms with Gasteiger partial charge in [0.15, 0.2) is 0 Å². The van der Waals surface area contributed by atoms with Gasteiger partial charge in [0, 0.05) is 31.6 Å². The number of benzene rings is 1. The van der Waals surface area contributed by atoms with Crippen LogP contribution in [-0.4, -0.2) is 24.0 Å². The first-order chi connectivity index (χ1) is 8.83. The molecule has 102 valence electrons. The number of nitrogens with two attached hydrogens (primary N) is 1. The Balaban J connectivity index is 0.00000133. The molecule has 0 spiro atoms. The van der Waals surface area contributed by atoms with Gasteiger partial charge in [-0.15, -0.1) is 12.4 Å². The van der Waals surface area contributed by atoms with Crippen LogP contribution in [0.15, 0.2) is 47.2 Å². The fourth-order valence-electron chi connectivity index (χ4n) is 2.74. The van der Waals surface area contributed by atoms with Gasteiger partial charge in [0.05, 0.1) is 0 Å². The third-order valence-corrected chi connectivity index (χ3v) is 4.39. The predicted molar refractivity (Wildman–Crippen MR) is 84.0 cm³/mol. The first kappa shape index (κ1) is 14.5. The van der Waals surface area contributed by atoms with Crippen LogP contribution >= 0.6 is 23.7 Å². The molecule has 0 amide bonds. The Labute approximate surface area is 124 Å². The van der Waals surface area contributed by atoms with Gasteiger partial charge in [0.2, 0.25) is 0 Å². The Morgan fingerprint density at radius 1 is 1.16 bits per heavy atom. The molecular weight excluding hydrogens is 276 g/mol. The molecule has 1 aliphatic rings. The molecule has 4 heteroatoms. The molecule has 2 aromatic rings. The van der Waals surface area contributed by atoms with Crippen LogP contribution < -0.4 is 5.73 Å². The number of halogens is 1. The van der Waals surface area contributed by atoms with Crippen LogP contribution in [-0.2, 0) is 6.54 Å². The van der Waals surface area contributed by atoms with Crippen molar-refractivity contribution in [1.29, 1.82) is 0 Å². The maximum absolute atomic E-state index is 6.29. The summed E-state index contributed by atoms with van der Waals surface area (Å²) in [5, 5.41) is 4.36. The van der Waals surface area contributed by atoms with Crippen molar-refractivity contribution in [2.45, 2.75) is 18.5 Å². The van der Waals surface area contributed by atoms with E-state index in [2.05, 4.69) is 52.1 Å². The zero-order valence-corrected chi connectivity index (χ0v) is 12.4. The average Bonchev–Trinajstić information content (AvgIpc) is 3.01. The molecule has 1 aromatic heterocycles. The van der Waals surface area contributed by atoms with E-state index in [9.17, 15) is 0 Å². The van der Waals surface area contributed by atoms with Gasteiger partial charge in [-0.1, -0.05) is 30.3 Å². The molecule has 0 saturated carbocycles. The highest BCUT2D eigenvalue weighted by atomic mass is 35.5. The highest BCUT2D eigenvalue weighted by molar-refractivity contribution is 7.07. The summed E-state index contributed by atoms with van der Waals surface area (Å²) in [5.41, 5.74) is 9.07. The summed E-state index contributed by atoms with van der Waals surface area (Å²) in [6.07, 6.45) is 0. The van der Waals surface area contributed by atoms with Crippen LogP contribution in [0.3, 0.4) is 0 Å². The smallest absolute Gasteiger partial charge is 0.0250 e. The first-order valence-electron chi connectivity index (χ1n) is 6.37. The Bertz CT molecular complexity index is 486.